The van der Waals surface area contributed by atoms with Crippen molar-refractivity contribution in [2.24, 2.45) is 0 Å². The van der Waals surface area contributed by atoms with Crippen molar-refractivity contribution in [3.05, 3.63) is 36.5 Å². The van der Waals surface area contributed by atoms with Gasteiger partial charge in [-0.15, -0.1) is 0 Å². The van der Waals surface area contributed by atoms with Gasteiger partial charge >= 0.3 is 11.9 Å². The summed E-state index contributed by atoms with van der Waals surface area (Å²) in [6.45, 7) is 3.15. The van der Waals surface area contributed by atoms with Gasteiger partial charge in [0.15, 0.2) is 0 Å². The molecule has 1 aromatic heterocycles. The van der Waals surface area contributed by atoms with E-state index in [0.717, 1.165) is 12.5 Å². The molecule has 1 heterocycles. The number of carboxylic acid groups (broad SMARTS) is 1. The van der Waals surface area contributed by atoms with Gasteiger partial charge < -0.3 is 14.3 Å². The number of rotatable bonds is 3. The molecule has 0 spiro atoms. The number of carbonyl (C=O) groups is 2. The van der Waals surface area contributed by atoms with Crippen molar-refractivity contribution in [3.8, 4) is 0 Å². The zero-order valence-electron chi connectivity index (χ0n) is 6.52. The molecule has 1 rings (SSSR count). The number of hydrogen-bond donors (Lipinski definition) is 1. The molecule has 0 fully saturated rings. The molecule has 0 saturated heterocycles. The van der Waals surface area contributed by atoms with E-state index in [1.54, 1.807) is 0 Å². The number of furan rings is 1. The van der Waals surface area contributed by atoms with E-state index in [9.17, 15) is 9.59 Å². The van der Waals surface area contributed by atoms with Crippen LogP contribution in [-0.4, -0.2) is 17.0 Å². The van der Waals surface area contributed by atoms with Crippen molar-refractivity contribution in [1.29, 1.82) is 0 Å². The normalized spacial score (nSPS) is 9.23. The fraction of sp³-hybridized carbons (Fsp3) is 0. The average Bonchev–Trinajstić information content (AvgIpc) is 2.52. The van der Waals surface area contributed by atoms with Crippen molar-refractivity contribution >= 4 is 11.9 Å². The molecule has 0 unspecified atom stereocenters. The van der Waals surface area contributed by atoms with Crippen LogP contribution < -0.4 is 0 Å². The smallest absolute Gasteiger partial charge is 0.379 e. The van der Waals surface area contributed by atoms with Crippen molar-refractivity contribution in [3.63, 3.8) is 0 Å². The first-order valence-corrected chi connectivity index (χ1v) is 3.29. The van der Waals surface area contributed by atoms with Gasteiger partial charge in [-0.1, -0.05) is 6.58 Å². The summed E-state index contributed by atoms with van der Waals surface area (Å²) >= 11 is 0. The minimum absolute atomic E-state index is 0.230. The van der Waals surface area contributed by atoms with Gasteiger partial charge in [0, 0.05) is 0 Å². The Morgan fingerprint density at radius 3 is 2.85 bits per heavy atom. The maximum absolute atomic E-state index is 11.0. The highest BCUT2D eigenvalue weighted by atomic mass is 16.5. The molecule has 5 heteroatoms. The van der Waals surface area contributed by atoms with Crippen LogP contribution in [-0.2, 0) is 4.74 Å². The van der Waals surface area contributed by atoms with Gasteiger partial charge in [-0.05, 0) is 6.07 Å². The van der Waals surface area contributed by atoms with Crippen LogP contribution in [0.3, 0.4) is 0 Å². The molecule has 0 aliphatic heterocycles. The Morgan fingerprint density at radius 2 is 2.31 bits per heavy atom. The third-order valence-electron chi connectivity index (χ3n) is 1.27. The first-order valence-electron chi connectivity index (χ1n) is 3.29. The molecule has 68 valence electrons. The molecule has 0 atom stereocenters. The maximum atomic E-state index is 11.0. The van der Waals surface area contributed by atoms with E-state index < -0.39 is 11.9 Å². The van der Waals surface area contributed by atoms with Gasteiger partial charge in [-0.3, -0.25) is 0 Å². The lowest BCUT2D eigenvalue weighted by Gasteiger charge is -1.95. The zero-order valence-corrected chi connectivity index (χ0v) is 6.52. The summed E-state index contributed by atoms with van der Waals surface area (Å²) in [5.74, 6) is -2.46. The second kappa shape index (κ2) is 3.57. The Labute approximate surface area is 73.2 Å². The molecule has 1 aromatic rings. The largest absolute Gasteiger partial charge is 0.478 e. The van der Waals surface area contributed by atoms with Crippen molar-refractivity contribution in [2.75, 3.05) is 0 Å². The molecule has 0 radical (unpaired) electrons. The standard InChI is InChI=1S/C8H6O5/c1-2-12-8(11)6-5(7(9)10)3-4-13-6/h2-4H,1H2,(H,9,10). The molecule has 13 heavy (non-hydrogen) atoms. The maximum Gasteiger partial charge on any atom is 0.379 e. The van der Waals surface area contributed by atoms with E-state index in [0.29, 0.717) is 0 Å². The lowest BCUT2D eigenvalue weighted by atomic mass is 10.2. The van der Waals surface area contributed by atoms with E-state index in [-0.39, 0.29) is 11.3 Å². The molecule has 1 N–H and O–H groups in total. The van der Waals surface area contributed by atoms with E-state index in [2.05, 4.69) is 15.7 Å². The third kappa shape index (κ3) is 1.76. The molecule has 0 saturated carbocycles. The van der Waals surface area contributed by atoms with Gasteiger partial charge in [0.2, 0.25) is 5.76 Å². The van der Waals surface area contributed by atoms with Crippen LogP contribution in [0, 0.1) is 0 Å². The lowest BCUT2D eigenvalue weighted by Crippen LogP contribution is -2.06. The predicted molar refractivity (Wildman–Crippen MR) is 41.3 cm³/mol. The fourth-order valence-electron chi connectivity index (χ4n) is 0.765. The average molecular weight is 182 g/mol. The monoisotopic (exact) mass is 182 g/mol. The van der Waals surface area contributed by atoms with Gasteiger partial charge in [-0.25, -0.2) is 9.59 Å². The zero-order chi connectivity index (χ0) is 9.84. The SMILES string of the molecule is C=COC(=O)c1occc1C(=O)O. The molecular weight excluding hydrogens is 176 g/mol. The Bertz CT molecular complexity index is 349. The van der Waals surface area contributed by atoms with Crippen LogP contribution in [0.25, 0.3) is 0 Å². The number of carbonyl (C=O) groups excluding carboxylic acids is 1. The van der Waals surface area contributed by atoms with Crippen molar-refractivity contribution in [1.82, 2.24) is 0 Å². The Morgan fingerprint density at radius 1 is 1.62 bits per heavy atom. The second-order valence-corrected chi connectivity index (χ2v) is 2.04. The van der Waals surface area contributed by atoms with Crippen LogP contribution in [0.2, 0.25) is 0 Å². The number of ether oxygens (including phenoxy) is 1. The van der Waals surface area contributed by atoms with Gasteiger partial charge in [0.05, 0.1) is 12.5 Å². The van der Waals surface area contributed by atoms with Gasteiger partial charge in [-0.2, -0.15) is 0 Å². The molecule has 0 bridgehead atoms. The minimum atomic E-state index is -1.25. The molecule has 5 nitrogen and oxygen atoms in total. The molecule has 0 aliphatic carbocycles. The Balaban J connectivity index is 3.00. The summed E-state index contributed by atoms with van der Waals surface area (Å²) in [6.07, 6.45) is 2.00. The highest BCUT2D eigenvalue weighted by Gasteiger charge is 2.20. The fourth-order valence-corrected chi connectivity index (χ4v) is 0.765. The Hall–Kier alpha value is -2.04. The summed E-state index contributed by atoms with van der Waals surface area (Å²) in [7, 11) is 0. The van der Waals surface area contributed by atoms with E-state index in [1.807, 2.05) is 0 Å². The van der Waals surface area contributed by atoms with Crippen LogP contribution in [0.4, 0.5) is 0 Å². The highest BCUT2D eigenvalue weighted by Crippen LogP contribution is 2.11. The Kier molecular flexibility index (Phi) is 2.49. The van der Waals surface area contributed by atoms with E-state index >= 15 is 0 Å². The molecule has 0 aliphatic rings. The van der Waals surface area contributed by atoms with E-state index in [4.69, 9.17) is 5.11 Å². The van der Waals surface area contributed by atoms with Crippen molar-refractivity contribution < 1.29 is 23.8 Å². The summed E-state index contributed by atoms with van der Waals surface area (Å²) < 4.78 is 8.98. The van der Waals surface area contributed by atoms with Crippen LogP contribution >= 0.6 is 0 Å². The predicted octanol–water partition coefficient (Wildman–Crippen LogP) is 1.28. The number of hydrogen-bond acceptors (Lipinski definition) is 4. The van der Waals surface area contributed by atoms with Crippen molar-refractivity contribution in [2.45, 2.75) is 0 Å². The molecular formula is C8H6O5. The third-order valence-corrected chi connectivity index (χ3v) is 1.27. The first kappa shape index (κ1) is 9.05. The van der Waals surface area contributed by atoms with Crippen LogP contribution in [0.15, 0.2) is 29.6 Å². The molecule has 0 amide bonds. The number of esters is 1. The summed E-state index contributed by atoms with van der Waals surface area (Å²) in [5.41, 5.74) is -0.230. The molecule has 0 aromatic carbocycles. The first-order chi connectivity index (χ1) is 6.16. The highest BCUT2D eigenvalue weighted by molar-refractivity contribution is 6.00. The topological polar surface area (TPSA) is 76.7 Å². The quantitative estimate of drug-likeness (QED) is 0.562. The minimum Gasteiger partial charge on any atom is -0.478 e. The van der Waals surface area contributed by atoms with Gasteiger partial charge in [0.25, 0.3) is 0 Å². The van der Waals surface area contributed by atoms with Crippen LogP contribution in [0.5, 0.6) is 0 Å². The number of carboxylic acids is 1. The summed E-state index contributed by atoms with van der Waals surface area (Å²) in [5, 5.41) is 8.58. The summed E-state index contributed by atoms with van der Waals surface area (Å²) in [4.78, 5) is 21.5. The number of aromatic carboxylic acids is 1. The van der Waals surface area contributed by atoms with Gasteiger partial charge in [0.1, 0.15) is 5.56 Å². The van der Waals surface area contributed by atoms with Crippen LogP contribution in [0.1, 0.15) is 20.9 Å². The second-order valence-electron chi connectivity index (χ2n) is 2.04. The lowest BCUT2D eigenvalue weighted by molar-refractivity contribution is 0.0602. The van der Waals surface area contributed by atoms with E-state index in [1.165, 1.54) is 6.07 Å². The summed E-state index contributed by atoms with van der Waals surface area (Å²) in [6, 6.07) is 1.17.